The van der Waals surface area contributed by atoms with Crippen molar-refractivity contribution < 1.29 is 4.84 Å². The molecule has 5 heteroatoms. The molecule has 1 heterocycles. The minimum Gasteiger partial charge on any atom is -0.391 e. The number of rotatable bonds is 4. The first-order valence-corrected chi connectivity index (χ1v) is 6.01. The summed E-state index contributed by atoms with van der Waals surface area (Å²) in [4.78, 5) is 9.07. The van der Waals surface area contributed by atoms with Gasteiger partial charge in [0.05, 0.1) is 6.21 Å². The fourth-order valence-electron chi connectivity index (χ4n) is 1.32. The van der Waals surface area contributed by atoms with Gasteiger partial charge in [-0.1, -0.05) is 34.4 Å². The third-order valence-electron chi connectivity index (χ3n) is 2.25. The molecule has 2 rings (SSSR count). The first-order chi connectivity index (χ1) is 8.77. The predicted octanol–water partition coefficient (Wildman–Crippen LogP) is 3.94. The van der Waals surface area contributed by atoms with Crippen molar-refractivity contribution in [2.45, 2.75) is 6.61 Å². The molecular formula is C13H10Cl2N2O. The van der Waals surface area contributed by atoms with Crippen LogP contribution < -0.4 is 0 Å². The van der Waals surface area contributed by atoms with Crippen molar-refractivity contribution in [1.82, 2.24) is 4.98 Å². The van der Waals surface area contributed by atoms with Gasteiger partial charge in [-0.15, -0.1) is 0 Å². The topological polar surface area (TPSA) is 34.5 Å². The third-order valence-corrected chi connectivity index (χ3v) is 2.96. The molecule has 0 bridgehead atoms. The summed E-state index contributed by atoms with van der Waals surface area (Å²) in [5.41, 5.74) is 1.64. The Kier molecular flexibility index (Phi) is 4.56. The Bertz CT molecular complexity index is 524. The molecule has 0 aliphatic heterocycles. The van der Waals surface area contributed by atoms with Gasteiger partial charge in [0, 0.05) is 28.0 Å². The van der Waals surface area contributed by atoms with E-state index in [4.69, 9.17) is 28.0 Å². The molecule has 1 aromatic carbocycles. The molecule has 0 aliphatic carbocycles. The van der Waals surface area contributed by atoms with Crippen LogP contribution in [0.15, 0.2) is 47.9 Å². The van der Waals surface area contributed by atoms with Gasteiger partial charge >= 0.3 is 0 Å². The highest BCUT2D eigenvalue weighted by Gasteiger charge is 2.04. The average molecular weight is 281 g/mol. The van der Waals surface area contributed by atoms with Crippen molar-refractivity contribution in [2.75, 3.05) is 0 Å². The summed E-state index contributed by atoms with van der Waals surface area (Å²) in [6.07, 6.45) is 4.98. The fourth-order valence-corrected chi connectivity index (χ4v) is 1.83. The molecule has 0 amide bonds. The molecule has 0 aliphatic rings. The van der Waals surface area contributed by atoms with Gasteiger partial charge in [-0.25, -0.2) is 0 Å². The Morgan fingerprint density at radius 3 is 2.44 bits per heavy atom. The zero-order chi connectivity index (χ0) is 12.8. The van der Waals surface area contributed by atoms with Gasteiger partial charge in [-0.2, -0.15) is 0 Å². The lowest BCUT2D eigenvalue weighted by molar-refractivity contribution is 0.132. The van der Waals surface area contributed by atoms with E-state index in [1.807, 2.05) is 12.1 Å². The molecule has 0 atom stereocenters. The Morgan fingerprint density at radius 2 is 1.78 bits per heavy atom. The maximum Gasteiger partial charge on any atom is 0.145 e. The molecule has 3 nitrogen and oxygen atoms in total. The SMILES string of the molecule is Clc1cccc(Cl)c1CO/N=C/c1ccncc1. The number of pyridine rings is 1. The van der Waals surface area contributed by atoms with Crippen LogP contribution in [0.2, 0.25) is 10.0 Å². The first kappa shape index (κ1) is 12.9. The second-order valence-electron chi connectivity index (χ2n) is 3.49. The van der Waals surface area contributed by atoms with Crippen LogP contribution >= 0.6 is 23.2 Å². The van der Waals surface area contributed by atoms with E-state index in [0.717, 1.165) is 11.1 Å². The summed E-state index contributed by atoms with van der Waals surface area (Å²) in [5.74, 6) is 0. The zero-order valence-electron chi connectivity index (χ0n) is 9.38. The molecule has 92 valence electrons. The molecule has 0 saturated carbocycles. The van der Waals surface area contributed by atoms with E-state index in [1.54, 1.807) is 36.8 Å². The predicted molar refractivity (Wildman–Crippen MR) is 73.1 cm³/mol. The number of benzene rings is 1. The summed E-state index contributed by atoms with van der Waals surface area (Å²) in [6.45, 7) is 0.236. The first-order valence-electron chi connectivity index (χ1n) is 5.25. The summed E-state index contributed by atoms with van der Waals surface area (Å²) in [7, 11) is 0. The van der Waals surface area contributed by atoms with Crippen LogP contribution in [0.1, 0.15) is 11.1 Å². The molecule has 0 fully saturated rings. The molecule has 0 saturated heterocycles. The van der Waals surface area contributed by atoms with Crippen LogP contribution in [-0.4, -0.2) is 11.2 Å². The smallest absolute Gasteiger partial charge is 0.145 e. The van der Waals surface area contributed by atoms with Gasteiger partial charge in [0.15, 0.2) is 0 Å². The molecular weight excluding hydrogens is 271 g/mol. The highest BCUT2D eigenvalue weighted by molar-refractivity contribution is 6.35. The number of oxime groups is 1. The Balaban J connectivity index is 1.95. The van der Waals surface area contributed by atoms with E-state index in [9.17, 15) is 0 Å². The lowest BCUT2D eigenvalue weighted by Gasteiger charge is -2.04. The summed E-state index contributed by atoms with van der Waals surface area (Å²) in [5, 5.41) is 4.99. The maximum absolute atomic E-state index is 6.00. The molecule has 0 radical (unpaired) electrons. The molecule has 0 spiro atoms. The van der Waals surface area contributed by atoms with Gasteiger partial charge in [-0.3, -0.25) is 4.98 Å². The molecule has 18 heavy (non-hydrogen) atoms. The van der Waals surface area contributed by atoms with Crippen LogP contribution in [0, 0.1) is 0 Å². The fraction of sp³-hybridized carbons (Fsp3) is 0.0769. The zero-order valence-corrected chi connectivity index (χ0v) is 10.9. The Hall–Kier alpha value is -1.58. The van der Waals surface area contributed by atoms with E-state index < -0.39 is 0 Å². The van der Waals surface area contributed by atoms with E-state index in [0.29, 0.717) is 10.0 Å². The monoisotopic (exact) mass is 280 g/mol. The van der Waals surface area contributed by atoms with Crippen LogP contribution in [0.25, 0.3) is 0 Å². The largest absolute Gasteiger partial charge is 0.391 e. The van der Waals surface area contributed by atoms with Gasteiger partial charge in [0.2, 0.25) is 0 Å². The molecule has 0 N–H and O–H groups in total. The normalized spacial score (nSPS) is 10.8. The van der Waals surface area contributed by atoms with Crippen LogP contribution in [-0.2, 0) is 11.4 Å². The van der Waals surface area contributed by atoms with Crippen molar-refractivity contribution in [3.05, 3.63) is 63.9 Å². The summed E-state index contributed by atoms with van der Waals surface area (Å²) in [6, 6.07) is 8.97. The molecule has 0 unspecified atom stereocenters. The van der Waals surface area contributed by atoms with E-state index in [-0.39, 0.29) is 6.61 Å². The molecule has 1 aromatic heterocycles. The van der Waals surface area contributed by atoms with Gasteiger partial charge < -0.3 is 4.84 Å². The number of hydrogen-bond donors (Lipinski definition) is 0. The number of hydrogen-bond acceptors (Lipinski definition) is 3. The highest BCUT2D eigenvalue weighted by atomic mass is 35.5. The number of nitrogens with zero attached hydrogens (tertiary/aromatic N) is 2. The van der Waals surface area contributed by atoms with Crippen molar-refractivity contribution in [3.63, 3.8) is 0 Å². The van der Waals surface area contributed by atoms with Crippen LogP contribution in [0.4, 0.5) is 0 Å². The van der Waals surface area contributed by atoms with Crippen molar-refractivity contribution in [2.24, 2.45) is 5.16 Å². The summed E-state index contributed by atoms with van der Waals surface area (Å²) >= 11 is 12.0. The highest BCUT2D eigenvalue weighted by Crippen LogP contribution is 2.24. The second-order valence-corrected chi connectivity index (χ2v) is 4.30. The van der Waals surface area contributed by atoms with E-state index in [2.05, 4.69) is 10.1 Å². The van der Waals surface area contributed by atoms with Crippen molar-refractivity contribution in [3.8, 4) is 0 Å². The Morgan fingerprint density at radius 1 is 1.11 bits per heavy atom. The minimum atomic E-state index is 0.236. The van der Waals surface area contributed by atoms with E-state index in [1.165, 1.54) is 0 Å². The lowest BCUT2D eigenvalue weighted by atomic mass is 10.2. The second kappa shape index (κ2) is 6.38. The lowest BCUT2D eigenvalue weighted by Crippen LogP contribution is -1.91. The average Bonchev–Trinajstić information content (AvgIpc) is 2.38. The van der Waals surface area contributed by atoms with Gasteiger partial charge in [0.25, 0.3) is 0 Å². The Labute approximate surface area is 115 Å². The number of halogens is 2. The maximum atomic E-state index is 6.00. The third kappa shape index (κ3) is 3.45. The van der Waals surface area contributed by atoms with Crippen molar-refractivity contribution in [1.29, 1.82) is 0 Å². The summed E-state index contributed by atoms with van der Waals surface area (Å²) < 4.78 is 0. The van der Waals surface area contributed by atoms with Crippen LogP contribution in [0.3, 0.4) is 0 Å². The molecule has 2 aromatic rings. The van der Waals surface area contributed by atoms with Gasteiger partial charge in [-0.05, 0) is 29.8 Å². The van der Waals surface area contributed by atoms with Crippen LogP contribution in [0.5, 0.6) is 0 Å². The van der Waals surface area contributed by atoms with Gasteiger partial charge in [0.1, 0.15) is 6.61 Å². The standard InChI is InChI=1S/C13H10Cl2N2O/c14-12-2-1-3-13(15)11(12)9-18-17-8-10-4-6-16-7-5-10/h1-8H,9H2/b17-8+. The quantitative estimate of drug-likeness (QED) is 0.628. The van der Waals surface area contributed by atoms with Crippen molar-refractivity contribution >= 4 is 29.4 Å². The van der Waals surface area contributed by atoms with E-state index >= 15 is 0 Å². The minimum absolute atomic E-state index is 0.236. The number of aromatic nitrogens is 1.